The van der Waals surface area contributed by atoms with Crippen molar-refractivity contribution in [2.75, 3.05) is 32.8 Å². The standard InChI is InChI=1S/C44H87NO5/c1-5-9-19-29-41(30-20-10-6-2)35-40-49-43(47)33-23-15-13-17-25-36-45(38-27-28-39-46)37-26-18-14-16-24-34-44(48)50-42(31-21-11-7-3)32-22-12-8-4/h41-42,46H,5-40H2,1-4H3. The number of carbonyl (C=O) groups excluding carboxylic acids is 2. The lowest BCUT2D eigenvalue weighted by atomic mass is 9.92. The van der Waals surface area contributed by atoms with Gasteiger partial charge in [0.05, 0.1) is 6.61 Å². The Morgan fingerprint density at radius 3 is 1.38 bits per heavy atom. The first-order chi connectivity index (χ1) is 24.5. The van der Waals surface area contributed by atoms with Crippen LogP contribution in [0.5, 0.6) is 0 Å². The van der Waals surface area contributed by atoms with Crippen molar-refractivity contribution < 1.29 is 24.2 Å². The Morgan fingerprint density at radius 1 is 0.480 bits per heavy atom. The van der Waals surface area contributed by atoms with Gasteiger partial charge < -0.3 is 19.5 Å². The molecule has 0 rings (SSSR count). The van der Waals surface area contributed by atoms with Gasteiger partial charge in [-0.15, -0.1) is 0 Å². The molecule has 6 heteroatoms. The minimum absolute atomic E-state index is 0.00711. The molecule has 0 saturated heterocycles. The van der Waals surface area contributed by atoms with Gasteiger partial charge in [0.25, 0.3) is 0 Å². The number of rotatable bonds is 40. The Bertz CT molecular complexity index is 697. The normalized spacial score (nSPS) is 11.7. The van der Waals surface area contributed by atoms with Crippen LogP contribution >= 0.6 is 0 Å². The highest BCUT2D eigenvalue weighted by atomic mass is 16.5. The zero-order valence-electron chi connectivity index (χ0n) is 34.1. The monoisotopic (exact) mass is 710 g/mol. The zero-order chi connectivity index (χ0) is 36.8. The Balaban J connectivity index is 4.10. The molecular formula is C44H87NO5. The molecule has 0 atom stereocenters. The Morgan fingerprint density at radius 2 is 0.900 bits per heavy atom. The van der Waals surface area contributed by atoms with Crippen LogP contribution in [0.25, 0.3) is 0 Å². The van der Waals surface area contributed by atoms with E-state index in [-0.39, 0.29) is 24.6 Å². The van der Waals surface area contributed by atoms with E-state index in [4.69, 9.17) is 9.47 Å². The molecule has 0 heterocycles. The van der Waals surface area contributed by atoms with Gasteiger partial charge in [0.2, 0.25) is 0 Å². The minimum atomic E-state index is -0.00916. The Kier molecular flexibility index (Phi) is 38.2. The molecule has 0 saturated carbocycles. The summed E-state index contributed by atoms with van der Waals surface area (Å²) in [5.74, 6) is 0.710. The third-order valence-electron chi connectivity index (χ3n) is 10.4. The number of hydrogen-bond acceptors (Lipinski definition) is 6. The van der Waals surface area contributed by atoms with Crippen molar-refractivity contribution in [3.05, 3.63) is 0 Å². The molecule has 0 amide bonds. The summed E-state index contributed by atoms with van der Waals surface area (Å²) in [6.45, 7) is 13.1. The van der Waals surface area contributed by atoms with E-state index in [1.54, 1.807) is 0 Å². The summed E-state index contributed by atoms with van der Waals surface area (Å²) in [6.07, 6.45) is 35.0. The molecule has 0 radical (unpaired) electrons. The number of carbonyl (C=O) groups is 2. The van der Waals surface area contributed by atoms with Crippen LogP contribution in [0.15, 0.2) is 0 Å². The molecule has 298 valence electrons. The van der Waals surface area contributed by atoms with Crippen LogP contribution in [-0.4, -0.2) is 60.9 Å². The molecule has 0 aliphatic rings. The van der Waals surface area contributed by atoms with E-state index in [1.165, 1.54) is 116 Å². The number of unbranched alkanes of at least 4 members (excludes halogenated alkanes) is 17. The first-order valence-corrected chi connectivity index (χ1v) is 22.2. The fourth-order valence-electron chi connectivity index (χ4n) is 7.01. The van der Waals surface area contributed by atoms with Gasteiger partial charge in [0.15, 0.2) is 0 Å². The lowest BCUT2D eigenvalue weighted by Gasteiger charge is -2.22. The maximum Gasteiger partial charge on any atom is 0.306 e. The number of nitrogens with zero attached hydrogens (tertiary/aromatic N) is 1. The van der Waals surface area contributed by atoms with Gasteiger partial charge in [-0.1, -0.05) is 143 Å². The maximum atomic E-state index is 12.5. The quantitative estimate of drug-likeness (QED) is 0.0504. The second-order valence-corrected chi connectivity index (χ2v) is 15.3. The molecule has 50 heavy (non-hydrogen) atoms. The predicted molar refractivity (Wildman–Crippen MR) is 214 cm³/mol. The molecule has 6 nitrogen and oxygen atoms in total. The molecule has 0 spiro atoms. The summed E-state index contributed by atoms with van der Waals surface area (Å²) in [4.78, 5) is 27.4. The van der Waals surface area contributed by atoms with E-state index in [1.807, 2.05) is 0 Å². The molecule has 0 bridgehead atoms. The van der Waals surface area contributed by atoms with Crippen LogP contribution in [-0.2, 0) is 19.1 Å². The summed E-state index contributed by atoms with van der Waals surface area (Å²) in [5, 5.41) is 9.26. The average molecular weight is 710 g/mol. The van der Waals surface area contributed by atoms with E-state index in [9.17, 15) is 14.7 Å². The second-order valence-electron chi connectivity index (χ2n) is 15.3. The van der Waals surface area contributed by atoms with Crippen LogP contribution in [0.4, 0.5) is 0 Å². The van der Waals surface area contributed by atoms with Crippen molar-refractivity contribution in [3.63, 3.8) is 0 Å². The van der Waals surface area contributed by atoms with Crippen molar-refractivity contribution in [2.45, 2.75) is 233 Å². The molecule has 0 unspecified atom stereocenters. The molecule has 1 N–H and O–H groups in total. The van der Waals surface area contributed by atoms with Gasteiger partial charge in [-0.05, 0) is 96.2 Å². The third kappa shape index (κ3) is 34.0. The van der Waals surface area contributed by atoms with Gasteiger partial charge in [-0.2, -0.15) is 0 Å². The first-order valence-electron chi connectivity index (χ1n) is 22.2. The SMILES string of the molecule is CCCCCC(CCCCC)CCOC(=O)CCCCCCCN(CCCCO)CCCCCCCC(=O)OC(CCCCC)CCCCC. The van der Waals surface area contributed by atoms with Crippen LogP contribution < -0.4 is 0 Å². The highest BCUT2D eigenvalue weighted by molar-refractivity contribution is 5.69. The van der Waals surface area contributed by atoms with E-state index < -0.39 is 0 Å². The molecule has 0 fully saturated rings. The van der Waals surface area contributed by atoms with Crippen LogP contribution in [0.2, 0.25) is 0 Å². The Hall–Kier alpha value is -1.14. The Labute approximate surface area is 312 Å². The fraction of sp³-hybridized carbons (Fsp3) is 0.955. The van der Waals surface area contributed by atoms with Gasteiger partial charge >= 0.3 is 11.9 Å². The van der Waals surface area contributed by atoms with Crippen molar-refractivity contribution >= 4 is 11.9 Å². The van der Waals surface area contributed by atoms with Crippen molar-refractivity contribution in [2.24, 2.45) is 5.92 Å². The average Bonchev–Trinajstić information content (AvgIpc) is 3.10. The van der Waals surface area contributed by atoms with Gasteiger partial charge in [-0.3, -0.25) is 9.59 Å². The predicted octanol–water partition coefficient (Wildman–Crippen LogP) is 12.5. The lowest BCUT2D eigenvalue weighted by molar-refractivity contribution is -0.150. The molecule has 0 aliphatic carbocycles. The number of hydrogen-bond donors (Lipinski definition) is 1. The highest BCUT2D eigenvalue weighted by Crippen LogP contribution is 2.21. The van der Waals surface area contributed by atoms with Crippen molar-refractivity contribution in [1.29, 1.82) is 0 Å². The van der Waals surface area contributed by atoms with Crippen LogP contribution in [0.1, 0.15) is 227 Å². The van der Waals surface area contributed by atoms with Crippen LogP contribution in [0, 0.1) is 5.92 Å². The van der Waals surface area contributed by atoms with Crippen LogP contribution in [0.3, 0.4) is 0 Å². The number of aliphatic hydroxyl groups is 1. The lowest BCUT2D eigenvalue weighted by Crippen LogP contribution is -2.27. The maximum absolute atomic E-state index is 12.5. The molecule has 0 aromatic heterocycles. The van der Waals surface area contributed by atoms with Gasteiger partial charge in [-0.25, -0.2) is 0 Å². The van der Waals surface area contributed by atoms with Gasteiger partial charge in [0.1, 0.15) is 6.10 Å². The summed E-state index contributed by atoms with van der Waals surface area (Å²) in [5.41, 5.74) is 0. The summed E-state index contributed by atoms with van der Waals surface area (Å²) < 4.78 is 11.5. The topological polar surface area (TPSA) is 76.1 Å². The van der Waals surface area contributed by atoms with E-state index in [0.29, 0.717) is 25.4 Å². The second kappa shape index (κ2) is 39.1. The highest BCUT2D eigenvalue weighted by Gasteiger charge is 2.14. The number of aliphatic hydroxyl groups excluding tert-OH is 1. The molecule has 0 aliphatic heterocycles. The molecule has 0 aromatic carbocycles. The van der Waals surface area contributed by atoms with E-state index in [2.05, 4.69) is 32.6 Å². The summed E-state index contributed by atoms with van der Waals surface area (Å²) in [6, 6.07) is 0. The number of ether oxygens (including phenoxy) is 2. The van der Waals surface area contributed by atoms with Crippen molar-refractivity contribution in [1.82, 2.24) is 4.90 Å². The summed E-state index contributed by atoms with van der Waals surface area (Å²) >= 11 is 0. The smallest absolute Gasteiger partial charge is 0.306 e. The third-order valence-corrected chi connectivity index (χ3v) is 10.4. The molecule has 0 aromatic rings. The largest absolute Gasteiger partial charge is 0.466 e. The fourth-order valence-corrected chi connectivity index (χ4v) is 7.01. The minimum Gasteiger partial charge on any atom is -0.466 e. The number of esters is 2. The first kappa shape index (κ1) is 48.9. The summed E-state index contributed by atoms with van der Waals surface area (Å²) in [7, 11) is 0. The van der Waals surface area contributed by atoms with Crippen molar-refractivity contribution in [3.8, 4) is 0 Å². The zero-order valence-corrected chi connectivity index (χ0v) is 34.1. The van der Waals surface area contributed by atoms with E-state index >= 15 is 0 Å². The van der Waals surface area contributed by atoms with E-state index in [0.717, 1.165) is 90.3 Å². The molecular weight excluding hydrogens is 622 g/mol. The van der Waals surface area contributed by atoms with Gasteiger partial charge in [0, 0.05) is 19.4 Å².